The van der Waals surface area contributed by atoms with Gasteiger partial charge in [-0.1, -0.05) is 6.07 Å². The maximum atomic E-state index is 5.95. The normalized spacial score (nSPS) is 13.3. The lowest BCUT2D eigenvalue weighted by Crippen LogP contribution is -2.45. The van der Waals surface area contributed by atoms with Crippen molar-refractivity contribution in [2.24, 2.45) is 12.0 Å². The molecule has 0 aliphatic carbocycles. The average Bonchev–Trinajstić information content (AvgIpc) is 2.91. The molecule has 0 aliphatic rings. The van der Waals surface area contributed by atoms with Crippen LogP contribution < -0.4 is 20.1 Å². The minimum absolute atomic E-state index is 0. The Kier molecular flexibility index (Phi) is 10.3. The first kappa shape index (κ1) is 25.1. The Morgan fingerprint density at radius 3 is 2.52 bits per heavy atom. The number of hydrogen-bond donors (Lipinski definition) is 2. The molecule has 162 valence electrons. The van der Waals surface area contributed by atoms with Gasteiger partial charge in [-0.3, -0.25) is 9.67 Å². The lowest BCUT2D eigenvalue weighted by Gasteiger charge is -2.21. The number of methoxy groups -OCH3 is 1. The highest BCUT2D eigenvalue weighted by Gasteiger charge is 2.14. The first-order valence-electron chi connectivity index (χ1n) is 9.61. The highest BCUT2D eigenvalue weighted by Crippen LogP contribution is 2.19. The third-order valence-electron chi connectivity index (χ3n) is 4.71. The number of halogens is 1. The third kappa shape index (κ3) is 7.41. The second-order valence-electron chi connectivity index (χ2n) is 7.08. The van der Waals surface area contributed by atoms with Gasteiger partial charge >= 0.3 is 0 Å². The van der Waals surface area contributed by atoms with E-state index in [0.29, 0.717) is 6.54 Å². The van der Waals surface area contributed by atoms with E-state index >= 15 is 0 Å². The molecule has 0 amide bonds. The molecule has 7 nitrogen and oxygen atoms in total. The molecule has 2 aromatic rings. The Bertz CT molecular complexity index is 806. The summed E-state index contributed by atoms with van der Waals surface area (Å²) in [6.07, 6.45) is 0.867. The molecule has 29 heavy (non-hydrogen) atoms. The second-order valence-corrected chi connectivity index (χ2v) is 7.08. The average molecular weight is 515 g/mol. The van der Waals surface area contributed by atoms with Crippen molar-refractivity contribution in [1.82, 2.24) is 20.4 Å². The smallest absolute Gasteiger partial charge is 0.191 e. The number of ether oxygens (including phenoxy) is 2. The van der Waals surface area contributed by atoms with Crippen molar-refractivity contribution in [1.29, 1.82) is 0 Å². The van der Waals surface area contributed by atoms with Gasteiger partial charge < -0.3 is 20.1 Å². The first-order chi connectivity index (χ1) is 13.3. The summed E-state index contributed by atoms with van der Waals surface area (Å²) in [5.41, 5.74) is 3.57. The van der Waals surface area contributed by atoms with Crippen LogP contribution in [0.4, 0.5) is 0 Å². The molecule has 2 N–H and O–H groups in total. The summed E-state index contributed by atoms with van der Waals surface area (Å²) < 4.78 is 13.1. The van der Waals surface area contributed by atoms with E-state index in [2.05, 4.69) is 41.5 Å². The summed E-state index contributed by atoms with van der Waals surface area (Å²) >= 11 is 0. The summed E-state index contributed by atoms with van der Waals surface area (Å²) in [5.74, 6) is 2.32. The van der Waals surface area contributed by atoms with Crippen molar-refractivity contribution in [3.05, 3.63) is 41.2 Å². The van der Waals surface area contributed by atoms with Crippen molar-refractivity contribution >= 4 is 29.9 Å². The number of aryl methyl sites for hydroxylation is 2. The molecule has 2 rings (SSSR count). The van der Waals surface area contributed by atoms with Crippen molar-refractivity contribution in [2.75, 3.05) is 20.7 Å². The molecule has 2 unspecified atom stereocenters. The number of benzene rings is 1. The molecular weight excluding hydrogens is 481 g/mol. The zero-order valence-electron chi connectivity index (χ0n) is 18.4. The van der Waals surface area contributed by atoms with E-state index in [1.54, 1.807) is 14.2 Å². The maximum Gasteiger partial charge on any atom is 0.191 e. The minimum atomic E-state index is -0.0243. The Labute approximate surface area is 191 Å². The van der Waals surface area contributed by atoms with Crippen LogP contribution >= 0.6 is 24.0 Å². The largest absolute Gasteiger partial charge is 0.497 e. The van der Waals surface area contributed by atoms with Crippen LogP contribution in [0.2, 0.25) is 0 Å². The number of aromatic nitrogens is 2. The second kappa shape index (κ2) is 11.9. The number of hydrogen-bond acceptors (Lipinski definition) is 4. The van der Waals surface area contributed by atoms with E-state index in [1.165, 1.54) is 11.3 Å². The highest BCUT2D eigenvalue weighted by atomic mass is 127. The van der Waals surface area contributed by atoms with Gasteiger partial charge in [-0.2, -0.15) is 5.10 Å². The van der Waals surface area contributed by atoms with E-state index in [-0.39, 0.29) is 36.1 Å². The van der Waals surface area contributed by atoms with Crippen LogP contribution in [0, 0.1) is 13.8 Å². The third-order valence-corrected chi connectivity index (χ3v) is 4.71. The molecule has 0 saturated heterocycles. The monoisotopic (exact) mass is 515 g/mol. The summed E-state index contributed by atoms with van der Waals surface area (Å²) in [5, 5.41) is 11.3. The number of guanidine groups is 1. The standard InChI is InChI=1S/C21H33N5O2.HI/c1-14(11-20-16(3)25-26(6)17(20)4)24-21(22-5)23-13-15(2)28-19-10-8-9-18(12-19)27-7;/h8-10,12,14-15H,11,13H2,1-7H3,(H2,22,23,24);1H. The number of nitrogens with zero attached hydrogens (tertiary/aromatic N) is 3. The van der Waals surface area contributed by atoms with E-state index in [0.717, 1.165) is 29.6 Å². The summed E-state index contributed by atoms with van der Waals surface area (Å²) in [4.78, 5) is 4.32. The Morgan fingerprint density at radius 2 is 1.93 bits per heavy atom. The lowest BCUT2D eigenvalue weighted by molar-refractivity contribution is 0.223. The van der Waals surface area contributed by atoms with Crippen LogP contribution in [-0.2, 0) is 13.5 Å². The van der Waals surface area contributed by atoms with Crippen LogP contribution in [0.1, 0.15) is 30.8 Å². The quantitative estimate of drug-likeness (QED) is 0.321. The Balaban J connectivity index is 0.00000420. The fourth-order valence-electron chi connectivity index (χ4n) is 3.09. The number of rotatable bonds is 8. The van der Waals surface area contributed by atoms with Crippen LogP contribution in [0.25, 0.3) is 0 Å². The van der Waals surface area contributed by atoms with Gasteiger partial charge in [-0.15, -0.1) is 24.0 Å². The van der Waals surface area contributed by atoms with Crippen molar-refractivity contribution in [2.45, 2.75) is 46.3 Å². The molecule has 0 bridgehead atoms. The van der Waals surface area contributed by atoms with Crippen molar-refractivity contribution < 1.29 is 9.47 Å². The predicted octanol–water partition coefficient (Wildman–Crippen LogP) is 3.23. The minimum Gasteiger partial charge on any atom is -0.497 e. The van der Waals surface area contributed by atoms with Crippen molar-refractivity contribution in [3.8, 4) is 11.5 Å². The molecule has 0 saturated carbocycles. The Hall–Kier alpha value is -1.97. The molecular formula is C21H34IN5O2. The van der Waals surface area contributed by atoms with Crippen molar-refractivity contribution in [3.63, 3.8) is 0 Å². The predicted molar refractivity (Wildman–Crippen MR) is 129 cm³/mol. The molecule has 1 heterocycles. The van der Waals surface area contributed by atoms with Gasteiger partial charge in [0, 0.05) is 31.9 Å². The molecule has 1 aromatic heterocycles. The van der Waals surface area contributed by atoms with Gasteiger partial charge in [0.15, 0.2) is 5.96 Å². The van der Waals surface area contributed by atoms with Crippen LogP contribution in [-0.4, -0.2) is 48.6 Å². The molecule has 0 spiro atoms. The highest BCUT2D eigenvalue weighted by molar-refractivity contribution is 14.0. The van der Waals surface area contributed by atoms with E-state index in [4.69, 9.17) is 9.47 Å². The molecule has 1 aromatic carbocycles. The van der Waals surface area contributed by atoms with Gasteiger partial charge in [0.2, 0.25) is 0 Å². The summed E-state index contributed by atoms with van der Waals surface area (Å²) in [6.45, 7) is 8.96. The van der Waals surface area contributed by atoms with Gasteiger partial charge in [-0.25, -0.2) is 0 Å². The number of nitrogens with one attached hydrogen (secondary N) is 2. The van der Waals surface area contributed by atoms with Gasteiger partial charge in [0.25, 0.3) is 0 Å². The van der Waals surface area contributed by atoms with Crippen LogP contribution in [0.3, 0.4) is 0 Å². The fraction of sp³-hybridized carbons (Fsp3) is 0.524. The van der Waals surface area contributed by atoms with Gasteiger partial charge in [-0.05, 0) is 51.8 Å². The van der Waals surface area contributed by atoms with Gasteiger partial charge in [0.1, 0.15) is 17.6 Å². The topological polar surface area (TPSA) is 72.7 Å². The zero-order chi connectivity index (χ0) is 20.7. The van der Waals surface area contributed by atoms with E-state index < -0.39 is 0 Å². The van der Waals surface area contributed by atoms with E-state index in [9.17, 15) is 0 Å². The number of aliphatic imine (C=N–C) groups is 1. The maximum absolute atomic E-state index is 5.95. The van der Waals surface area contributed by atoms with Crippen LogP contribution in [0.15, 0.2) is 29.3 Å². The summed E-state index contributed by atoms with van der Waals surface area (Å²) in [6, 6.07) is 7.84. The molecule has 0 aliphatic heterocycles. The molecule has 2 atom stereocenters. The van der Waals surface area contributed by atoms with E-state index in [1.807, 2.05) is 42.9 Å². The fourth-order valence-corrected chi connectivity index (χ4v) is 3.09. The molecule has 0 radical (unpaired) electrons. The first-order valence-corrected chi connectivity index (χ1v) is 9.61. The van der Waals surface area contributed by atoms with Crippen LogP contribution in [0.5, 0.6) is 11.5 Å². The molecule has 8 heteroatoms. The lowest BCUT2D eigenvalue weighted by atomic mass is 10.1. The SMILES string of the molecule is CN=C(NCC(C)Oc1cccc(OC)c1)NC(C)Cc1c(C)nn(C)c1C.I. The van der Waals surface area contributed by atoms with Gasteiger partial charge in [0.05, 0.1) is 19.3 Å². The zero-order valence-corrected chi connectivity index (χ0v) is 20.8. The summed E-state index contributed by atoms with van der Waals surface area (Å²) in [7, 11) is 5.40. The molecule has 0 fully saturated rings. The Morgan fingerprint density at radius 1 is 1.24 bits per heavy atom.